The molecule has 0 aromatic carbocycles. The number of hydrogen-bond acceptors (Lipinski definition) is 2. The topological polar surface area (TPSA) is 24.1 Å². The third kappa shape index (κ3) is 6.16. The smallest absolute Gasteiger partial charge is 0.0685 e. The zero-order valence-electron chi connectivity index (χ0n) is 11.7. The normalized spacial score (nSPS) is 16.8. The second-order valence-electron chi connectivity index (χ2n) is 6.01. The molecule has 2 N–H and O–H groups in total. The molecule has 0 aliphatic rings. The van der Waals surface area contributed by atoms with E-state index < -0.39 is 0 Å². The van der Waals surface area contributed by atoms with Crippen molar-refractivity contribution in [3.05, 3.63) is 0 Å². The van der Waals surface area contributed by atoms with Crippen molar-refractivity contribution >= 4 is 0 Å². The molecule has 1 unspecified atom stereocenters. The molecule has 0 radical (unpaired) electrons. The lowest BCUT2D eigenvalue weighted by molar-refractivity contribution is 0.155. The number of rotatable bonds is 6. The lowest BCUT2D eigenvalue weighted by Crippen LogP contribution is -2.63. The first-order valence-electron chi connectivity index (χ1n) is 6.25. The van der Waals surface area contributed by atoms with Crippen molar-refractivity contribution < 1.29 is 0 Å². The number of unbranched alkanes of at least 4 members (excludes halogenated alkanes) is 1. The van der Waals surface area contributed by atoms with Gasteiger partial charge in [-0.1, -0.05) is 27.2 Å². The maximum absolute atomic E-state index is 3.68. The molecule has 92 valence electrons. The van der Waals surface area contributed by atoms with E-state index in [0.717, 1.165) is 6.54 Å². The van der Waals surface area contributed by atoms with Gasteiger partial charge in [-0.15, -0.1) is 0 Å². The summed E-state index contributed by atoms with van der Waals surface area (Å²) in [5.74, 6) is 0.577. The van der Waals surface area contributed by atoms with Gasteiger partial charge in [0.2, 0.25) is 0 Å². The van der Waals surface area contributed by atoms with Gasteiger partial charge in [-0.2, -0.15) is 0 Å². The van der Waals surface area contributed by atoms with Crippen LogP contribution in [0.5, 0.6) is 0 Å². The van der Waals surface area contributed by atoms with Crippen LogP contribution in [0, 0.1) is 5.92 Å². The Labute approximate surface area is 96.2 Å². The molecular formula is C13H30N2. The van der Waals surface area contributed by atoms with Crippen LogP contribution in [0.4, 0.5) is 0 Å². The minimum atomic E-state index is 0.0351. The molecular weight excluding hydrogens is 184 g/mol. The van der Waals surface area contributed by atoms with Crippen LogP contribution in [0.1, 0.15) is 61.3 Å². The van der Waals surface area contributed by atoms with Crippen LogP contribution in [0.15, 0.2) is 0 Å². The van der Waals surface area contributed by atoms with Crippen molar-refractivity contribution in [2.45, 2.75) is 72.5 Å². The Bertz CT molecular complexity index is 170. The highest BCUT2D eigenvalue weighted by molar-refractivity contribution is 4.89. The summed E-state index contributed by atoms with van der Waals surface area (Å²) in [4.78, 5) is 0. The van der Waals surface area contributed by atoms with Crippen molar-refractivity contribution in [1.82, 2.24) is 10.6 Å². The van der Waals surface area contributed by atoms with Crippen LogP contribution in [0.3, 0.4) is 0 Å². The molecule has 0 rings (SSSR count). The van der Waals surface area contributed by atoms with Crippen molar-refractivity contribution in [2.75, 3.05) is 6.54 Å². The molecule has 0 aliphatic heterocycles. The van der Waals surface area contributed by atoms with Crippen molar-refractivity contribution in [3.63, 3.8) is 0 Å². The van der Waals surface area contributed by atoms with Gasteiger partial charge < -0.3 is 0 Å². The molecule has 0 aromatic rings. The third-order valence-corrected chi connectivity index (χ3v) is 2.81. The van der Waals surface area contributed by atoms with Gasteiger partial charge in [-0.25, -0.2) is 0 Å². The molecule has 0 saturated heterocycles. The van der Waals surface area contributed by atoms with Crippen molar-refractivity contribution in [1.29, 1.82) is 0 Å². The Morgan fingerprint density at radius 1 is 1.07 bits per heavy atom. The zero-order chi connectivity index (χ0) is 12.1. The average Bonchev–Trinajstić information content (AvgIpc) is 2.01. The fraction of sp³-hybridized carbons (Fsp3) is 1.00. The van der Waals surface area contributed by atoms with E-state index >= 15 is 0 Å². The van der Waals surface area contributed by atoms with Gasteiger partial charge in [-0.3, -0.25) is 10.6 Å². The fourth-order valence-electron chi connectivity index (χ4n) is 1.70. The fourth-order valence-corrected chi connectivity index (χ4v) is 1.70. The Kier molecular flexibility index (Phi) is 5.82. The molecule has 15 heavy (non-hydrogen) atoms. The molecule has 0 aliphatic carbocycles. The van der Waals surface area contributed by atoms with E-state index in [2.05, 4.69) is 59.1 Å². The van der Waals surface area contributed by atoms with Crippen LogP contribution >= 0.6 is 0 Å². The molecule has 1 atom stereocenters. The predicted octanol–water partition coefficient (Wildman–Crippen LogP) is 3.14. The number of hydrogen-bond donors (Lipinski definition) is 2. The first-order chi connectivity index (χ1) is 6.71. The van der Waals surface area contributed by atoms with Crippen LogP contribution < -0.4 is 10.6 Å². The van der Waals surface area contributed by atoms with Gasteiger partial charge in [-0.05, 0) is 46.6 Å². The highest BCUT2D eigenvalue weighted by atomic mass is 15.2. The Balaban J connectivity index is 4.32. The summed E-state index contributed by atoms with van der Waals surface area (Å²) >= 11 is 0. The van der Waals surface area contributed by atoms with E-state index in [1.807, 2.05) is 0 Å². The van der Waals surface area contributed by atoms with Gasteiger partial charge in [0.25, 0.3) is 0 Å². The SMILES string of the molecule is CCCCNC(C)(NC(C)(C)C)C(C)C. The molecule has 0 heterocycles. The molecule has 0 amide bonds. The maximum atomic E-state index is 3.68. The van der Waals surface area contributed by atoms with Crippen LogP contribution in [-0.2, 0) is 0 Å². The molecule has 0 fully saturated rings. The lowest BCUT2D eigenvalue weighted by Gasteiger charge is -2.42. The van der Waals surface area contributed by atoms with E-state index in [0.29, 0.717) is 5.92 Å². The summed E-state index contributed by atoms with van der Waals surface area (Å²) < 4.78 is 0. The van der Waals surface area contributed by atoms with E-state index in [4.69, 9.17) is 0 Å². The van der Waals surface area contributed by atoms with Gasteiger partial charge in [0, 0.05) is 5.54 Å². The lowest BCUT2D eigenvalue weighted by atomic mass is 9.93. The number of nitrogens with one attached hydrogen (secondary N) is 2. The van der Waals surface area contributed by atoms with Crippen molar-refractivity contribution in [2.24, 2.45) is 5.92 Å². The van der Waals surface area contributed by atoms with E-state index in [-0.39, 0.29) is 11.2 Å². The summed E-state index contributed by atoms with van der Waals surface area (Å²) in [6, 6.07) is 0. The average molecular weight is 214 g/mol. The van der Waals surface area contributed by atoms with Gasteiger partial charge in [0.15, 0.2) is 0 Å². The standard InChI is InChI=1S/C13H30N2/c1-8-9-10-14-13(7,11(2)3)15-12(4,5)6/h11,14-15H,8-10H2,1-7H3. The minimum Gasteiger partial charge on any atom is -0.299 e. The first kappa shape index (κ1) is 14.9. The monoisotopic (exact) mass is 214 g/mol. The second kappa shape index (κ2) is 5.86. The quantitative estimate of drug-likeness (QED) is 0.524. The summed E-state index contributed by atoms with van der Waals surface area (Å²) in [5, 5.41) is 7.32. The third-order valence-electron chi connectivity index (χ3n) is 2.81. The molecule has 2 nitrogen and oxygen atoms in total. The molecule has 0 bridgehead atoms. The Morgan fingerprint density at radius 2 is 1.60 bits per heavy atom. The second-order valence-corrected chi connectivity index (χ2v) is 6.01. The summed E-state index contributed by atoms with van der Waals surface area (Å²) in [5.41, 5.74) is 0.186. The largest absolute Gasteiger partial charge is 0.299 e. The minimum absolute atomic E-state index is 0.0351. The molecule has 0 aromatic heterocycles. The summed E-state index contributed by atoms with van der Waals surface area (Å²) in [7, 11) is 0. The molecule has 0 spiro atoms. The van der Waals surface area contributed by atoms with Crippen molar-refractivity contribution in [3.8, 4) is 0 Å². The van der Waals surface area contributed by atoms with E-state index in [9.17, 15) is 0 Å². The zero-order valence-corrected chi connectivity index (χ0v) is 11.7. The van der Waals surface area contributed by atoms with Gasteiger partial charge in [0.05, 0.1) is 5.66 Å². The van der Waals surface area contributed by atoms with E-state index in [1.165, 1.54) is 12.8 Å². The Hall–Kier alpha value is -0.0800. The van der Waals surface area contributed by atoms with E-state index in [1.54, 1.807) is 0 Å². The summed E-state index contributed by atoms with van der Waals surface area (Å²) in [6.45, 7) is 16.8. The van der Waals surface area contributed by atoms with Crippen LogP contribution in [-0.4, -0.2) is 17.7 Å². The van der Waals surface area contributed by atoms with Crippen LogP contribution in [0.25, 0.3) is 0 Å². The highest BCUT2D eigenvalue weighted by Crippen LogP contribution is 2.17. The maximum Gasteiger partial charge on any atom is 0.0685 e. The molecule has 2 heteroatoms. The Morgan fingerprint density at radius 3 is 1.93 bits per heavy atom. The van der Waals surface area contributed by atoms with Gasteiger partial charge in [0.1, 0.15) is 0 Å². The molecule has 0 saturated carbocycles. The van der Waals surface area contributed by atoms with Crippen LogP contribution in [0.2, 0.25) is 0 Å². The highest BCUT2D eigenvalue weighted by Gasteiger charge is 2.31. The predicted molar refractivity (Wildman–Crippen MR) is 69.0 cm³/mol. The summed E-state index contributed by atoms with van der Waals surface area (Å²) in [6.07, 6.45) is 2.49. The van der Waals surface area contributed by atoms with Gasteiger partial charge >= 0.3 is 0 Å². The first-order valence-corrected chi connectivity index (χ1v) is 6.25.